The van der Waals surface area contributed by atoms with Gasteiger partial charge in [0, 0.05) is 32.0 Å². The minimum Gasteiger partial charge on any atom is -0.326 e. The Bertz CT molecular complexity index is 387. The molecule has 0 spiro atoms. The molecular formula is C12H21N3O. The Balaban J connectivity index is 1.98. The molecule has 16 heavy (non-hydrogen) atoms. The number of hydrogen-bond donors (Lipinski definition) is 1. The molecule has 1 atom stereocenters. The number of aryl methyl sites for hydroxylation is 1. The molecule has 1 fully saturated rings. The van der Waals surface area contributed by atoms with Crippen LogP contribution in [0.2, 0.25) is 0 Å². The van der Waals surface area contributed by atoms with E-state index in [1.807, 2.05) is 6.20 Å². The highest BCUT2D eigenvalue weighted by Crippen LogP contribution is 2.25. The second kappa shape index (κ2) is 4.87. The fourth-order valence-corrected chi connectivity index (χ4v) is 2.59. The first-order valence-corrected chi connectivity index (χ1v) is 6.16. The van der Waals surface area contributed by atoms with Crippen LogP contribution >= 0.6 is 0 Å². The summed E-state index contributed by atoms with van der Waals surface area (Å²) in [7, 11) is 1.77. The summed E-state index contributed by atoms with van der Waals surface area (Å²) in [5.74, 6) is 0.598. The summed E-state index contributed by atoms with van der Waals surface area (Å²) in [5, 5.41) is 0. The third kappa shape index (κ3) is 2.38. The molecule has 1 heterocycles. The van der Waals surface area contributed by atoms with Crippen molar-refractivity contribution in [1.29, 1.82) is 0 Å². The van der Waals surface area contributed by atoms with Crippen molar-refractivity contribution < 1.29 is 0 Å². The Labute approximate surface area is 96.1 Å². The van der Waals surface area contributed by atoms with Crippen molar-refractivity contribution >= 4 is 0 Å². The number of nitrogens with zero attached hydrogens (tertiary/aromatic N) is 2. The maximum atomic E-state index is 11.7. The van der Waals surface area contributed by atoms with Crippen LogP contribution in [-0.4, -0.2) is 15.2 Å². The number of rotatable bonds is 3. The van der Waals surface area contributed by atoms with Gasteiger partial charge in [0.25, 0.3) is 0 Å². The number of aromatic nitrogens is 2. The Morgan fingerprint density at radius 3 is 2.62 bits per heavy atom. The molecule has 1 aliphatic carbocycles. The maximum absolute atomic E-state index is 11.7. The highest BCUT2D eigenvalue weighted by Gasteiger charge is 2.21. The van der Waals surface area contributed by atoms with Gasteiger partial charge >= 0.3 is 5.69 Å². The van der Waals surface area contributed by atoms with E-state index < -0.39 is 0 Å². The van der Waals surface area contributed by atoms with Gasteiger partial charge in [-0.25, -0.2) is 4.79 Å². The van der Waals surface area contributed by atoms with E-state index in [4.69, 9.17) is 5.73 Å². The molecule has 0 saturated heterocycles. The Hall–Kier alpha value is -1.03. The molecule has 0 bridgehead atoms. The summed E-state index contributed by atoms with van der Waals surface area (Å²) in [6.07, 6.45) is 9.99. The van der Waals surface area contributed by atoms with Gasteiger partial charge in [-0.15, -0.1) is 0 Å². The van der Waals surface area contributed by atoms with Gasteiger partial charge in [-0.05, 0) is 18.8 Å². The van der Waals surface area contributed by atoms with Crippen LogP contribution in [0.25, 0.3) is 0 Å². The molecule has 90 valence electrons. The average molecular weight is 223 g/mol. The maximum Gasteiger partial charge on any atom is 0.327 e. The highest BCUT2D eigenvalue weighted by molar-refractivity contribution is 4.84. The molecule has 1 unspecified atom stereocenters. The van der Waals surface area contributed by atoms with Crippen LogP contribution < -0.4 is 11.4 Å². The van der Waals surface area contributed by atoms with Crippen molar-refractivity contribution in [2.75, 3.05) is 0 Å². The molecular weight excluding hydrogens is 202 g/mol. The largest absolute Gasteiger partial charge is 0.327 e. The summed E-state index contributed by atoms with van der Waals surface area (Å²) in [5.41, 5.74) is 6.22. The van der Waals surface area contributed by atoms with Crippen LogP contribution in [0, 0.1) is 5.92 Å². The first kappa shape index (κ1) is 11.5. The Kier molecular flexibility index (Phi) is 3.49. The topological polar surface area (TPSA) is 52.9 Å². The molecule has 2 N–H and O–H groups in total. The van der Waals surface area contributed by atoms with Crippen LogP contribution in [0.4, 0.5) is 0 Å². The van der Waals surface area contributed by atoms with E-state index in [0.29, 0.717) is 12.5 Å². The van der Waals surface area contributed by atoms with Crippen LogP contribution in [0.1, 0.15) is 32.1 Å². The van der Waals surface area contributed by atoms with Crippen LogP contribution in [0.5, 0.6) is 0 Å². The first-order chi connectivity index (χ1) is 7.68. The predicted molar refractivity (Wildman–Crippen MR) is 64.2 cm³/mol. The lowest BCUT2D eigenvalue weighted by Gasteiger charge is -2.27. The summed E-state index contributed by atoms with van der Waals surface area (Å²) in [6, 6.07) is 0.125. The zero-order valence-corrected chi connectivity index (χ0v) is 9.93. The van der Waals surface area contributed by atoms with Crippen molar-refractivity contribution in [3.63, 3.8) is 0 Å². The molecule has 0 amide bonds. The summed E-state index contributed by atoms with van der Waals surface area (Å²) in [6.45, 7) is 0.657. The van der Waals surface area contributed by atoms with Gasteiger partial charge in [-0.1, -0.05) is 19.3 Å². The molecule has 0 aromatic carbocycles. The predicted octanol–water partition coefficient (Wildman–Crippen LogP) is 1.09. The van der Waals surface area contributed by atoms with Crippen molar-refractivity contribution in [3.05, 3.63) is 22.9 Å². The van der Waals surface area contributed by atoms with Gasteiger partial charge in [-0.3, -0.25) is 4.57 Å². The molecule has 4 heteroatoms. The zero-order valence-electron chi connectivity index (χ0n) is 9.93. The van der Waals surface area contributed by atoms with Crippen LogP contribution in [0.15, 0.2) is 17.2 Å². The molecule has 1 saturated carbocycles. The van der Waals surface area contributed by atoms with Gasteiger partial charge < -0.3 is 10.3 Å². The fraction of sp³-hybridized carbons (Fsp3) is 0.750. The SMILES string of the molecule is Cn1ccn(CC(N)C2CCCCC2)c1=O. The van der Waals surface area contributed by atoms with Crippen molar-refractivity contribution in [1.82, 2.24) is 9.13 Å². The molecule has 1 aliphatic rings. The van der Waals surface area contributed by atoms with E-state index in [0.717, 1.165) is 0 Å². The minimum atomic E-state index is 0.0336. The minimum absolute atomic E-state index is 0.0336. The molecule has 0 aliphatic heterocycles. The number of nitrogens with two attached hydrogens (primary N) is 1. The molecule has 0 radical (unpaired) electrons. The van der Waals surface area contributed by atoms with Gasteiger partial charge in [0.05, 0.1) is 0 Å². The van der Waals surface area contributed by atoms with E-state index in [2.05, 4.69) is 0 Å². The lowest BCUT2D eigenvalue weighted by atomic mass is 9.84. The summed E-state index contributed by atoms with van der Waals surface area (Å²) >= 11 is 0. The van der Waals surface area contributed by atoms with E-state index in [9.17, 15) is 4.79 Å². The normalized spacial score (nSPS) is 19.9. The van der Waals surface area contributed by atoms with E-state index in [-0.39, 0.29) is 11.7 Å². The van der Waals surface area contributed by atoms with Crippen molar-refractivity contribution in [3.8, 4) is 0 Å². The van der Waals surface area contributed by atoms with Gasteiger partial charge in [0.15, 0.2) is 0 Å². The van der Waals surface area contributed by atoms with Gasteiger partial charge in [0.2, 0.25) is 0 Å². The third-order valence-electron chi connectivity index (χ3n) is 3.68. The fourth-order valence-electron chi connectivity index (χ4n) is 2.59. The molecule has 4 nitrogen and oxygen atoms in total. The van der Waals surface area contributed by atoms with E-state index >= 15 is 0 Å². The standard InChI is InChI=1S/C12H21N3O/c1-14-7-8-15(12(14)16)9-11(13)10-5-3-2-4-6-10/h7-8,10-11H,2-6,9,13H2,1H3. The summed E-state index contributed by atoms with van der Waals surface area (Å²) in [4.78, 5) is 11.7. The molecule has 2 rings (SSSR count). The molecule has 1 aromatic heterocycles. The van der Waals surface area contributed by atoms with E-state index in [1.54, 1.807) is 22.4 Å². The lowest BCUT2D eigenvalue weighted by molar-refractivity contribution is 0.283. The molecule has 1 aromatic rings. The smallest absolute Gasteiger partial charge is 0.326 e. The van der Waals surface area contributed by atoms with Crippen molar-refractivity contribution in [2.45, 2.75) is 44.7 Å². The Morgan fingerprint density at radius 2 is 2.06 bits per heavy atom. The highest BCUT2D eigenvalue weighted by atomic mass is 16.1. The van der Waals surface area contributed by atoms with Crippen molar-refractivity contribution in [2.24, 2.45) is 18.7 Å². The van der Waals surface area contributed by atoms with Gasteiger partial charge in [-0.2, -0.15) is 0 Å². The van der Waals surface area contributed by atoms with Crippen LogP contribution in [-0.2, 0) is 13.6 Å². The average Bonchev–Trinajstić information content (AvgIpc) is 2.62. The quantitative estimate of drug-likeness (QED) is 0.834. The van der Waals surface area contributed by atoms with E-state index in [1.165, 1.54) is 32.1 Å². The second-order valence-electron chi connectivity index (χ2n) is 4.91. The number of imidazole rings is 1. The number of hydrogen-bond acceptors (Lipinski definition) is 2. The van der Waals surface area contributed by atoms with Gasteiger partial charge in [0.1, 0.15) is 0 Å². The monoisotopic (exact) mass is 223 g/mol. The third-order valence-corrected chi connectivity index (χ3v) is 3.68. The first-order valence-electron chi connectivity index (χ1n) is 6.16. The lowest BCUT2D eigenvalue weighted by Crippen LogP contribution is -2.38. The van der Waals surface area contributed by atoms with Crippen LogP contribution in [0.3, 0.4) is 0 Å². The Morgan fingerprint density at radius 1 is 1.38 bits per heavy atom. The summed E-state index contributed by atoms with van der Waals surface area (Å²) < 4.78 is 3.31. The zero-order chi connectivity index (χ0) is 11.5. The second-order valence-corrected chi connectivity index (χ2v) is 4.91.